The second-order valence-electron chi connectivity index (χ2n) is 10.9. The average Bonchev–Trinajstić information content (AvgIpc) is 3.34. The van der Waals surface area contributed by atoms with Crippen LogP contribution in [-0.2, 0) is 0 Å². The summed E-state index contributed by atoms with van der Waals surface area (Å²) in [6, 6.07) is 53.7. The van der Waals surface area contributed by atoms with Gasteiger partial charge in [0.2, 0.25) is 0 Å². The minimum absolute atomic E-state index is 1.25. The SMILES string of the molecule is c1ccc(-c2ccc3c(ccc4c5cc6c(cc5ccc34)-c3cccc4c(-c5ccccc5)ccc-6c34)c2)cc1. The van der Waals surface area contributed by atoms with Gasteiger partial charge in [0.05, 0.1) is 0 Å². The van der Waals surface area contributed by atoms with E-state index in [0.717, 1.165) is 0 Å². The lowest BCUT2D eigenvalue weighted by atomic mass is 9.92. The van der Waals surface area contributed by atoms with E-state index in [9.17, 15) is 0 Å². The van der Waals surface area contributed by atoms with Gasteiger partial charge in [-0.25, -0.2) is 0 Å². The Morgan fingerprint density at radius 3 is 1.68 bits per heavy atom. The molecule has 0 nitrogen and oxygen atoms in total. The minimum Gasteiger partial charge on any atom is -0.0622 e. The number of fused-ring (bicyclic) bond motifs is 8. The van der Waals surface area contributed by atoms with Gasteiger partial charge >= 0.3 is 0 Å². The molecule has 0 bridgehead atoms. The van der Waals surface area contributed by atoms with Crippen molar-refractivity contribution < 1.29 is 0 Å². The van der Waals surface area contributed by atoms with Crippen LogP contribution < -0.4 is 0 Å². The second-order valence-corrected chi connectivity index (χ2v) is 10.9. The van der Waals surface area contributed by atoms with Crippen LogP contribution in [0.5, 0.6) is 0 Å². The van der Waals surface area contributed by atoms with Gasteiger partial charge < -0.3 is 0 Å². The minimum atomic E-state index is 1.25. The van der Waals surface area contributed by atoms with Crippen molar-refractivity contribution in [2.24, 2.45) is 0 Å². The highest BCUT2D eigenvalue weighted by Crippen LogP contribution is 2.51. The monoisotopic (exact) mass is 504 g/mol. The molecule has 0 atom stereocenters. The van der Waals surface area contributed by atoms with Crippen molar-refractivity contribution in [3.63, 3.8) is 0 Å². The third kappa shape index (κ3) is 3.02. The summed E-state index contributed by atoms with van der Waals surface area (Å²) in [5.41, 5.74) is 10.4. The molecule has 0 spiro atoms. The van der Waals surface area contributed by atoms with Crippen LogP contribution in [0.1, 0.15) is 0 Å². The predicted molar refractivity (Wildman–Crippen MR) is 172 cm³/mol. The van der Waals surface area contributed by atoms with Crippen molar-refractivity contribution in [3.05, 3.63) is 146 Å². The lowest BCUT2D eigenvalue weighted by Crippen LogP contribution is -1.85. The fourth-order valence-corrected chi connectivity index (χ4v) is 6.91. The van der Waals surface area contributed by atoms with Gasteiger partial charge in [0.25, 0.3) is 0 Å². The highest BCUT2D eigenvalue weighted by molar-refractivity contribution is 6.23. The molecule has 9 rings (SSSR count). The summed E-state index contributed by atoms with van der Waals surface area (Å²) in [5, 5.41) is 10.5. The van der Waals surface area contributed by atoms with E-state index in [-0.39, 0.29) is 0 Å². The van der Waals surface area contributed by atoms with Gasteiger partial charge in [0.15, 0.2) is 0 Å². The first-order valence-electron chi connectivity index (χ1n) is 13.9. The topological polar surface area (TPSA) is 0 Å². The van der Waals surface area contributed by atoms with Gasteiger partial charge in [0.1, 0.15) is 0 Å². The van der Waals surface area contributed by atoms with Crippen molar-refractivity contribution >= 4 is 43.1 Å². The Labute approximate surface area is 232 Å². The molecule has 0 radical (unpaired) electrons. The molecule has 8 aromatic rings. The van der Waals surface area contributed by atoms with Gasteiger partial charge in [0, 0.05) is 0 Å². The quantitative estimate of drug-likeness (QED) is 0.205. The molecule has 0 N–H and O–H groups in total. The molecule has 0 saturated heterocycles. The van der Waals surface area contributed by atoms with E-state index in [1.165, 1.54) is 87.6 Å². The van der Waals surface area contributed by atoms with E-state index in [2.05, 4.69) is 146 Å². The van der Waals surface area contributed by atoms with E-state index in [1.807, 2.05) is 0 Å². The van der Waals surface area contributed by atoms with Crippen molar-refractivity contribution in [1.29, 1.82) is 0 Å². The summed E-state index contributed by atoms with van der Waals surface area (Å²) < 4.78 is 0. The van der Waals surface area contributed by atoms with Crippen LogP contribution in [0.15, 0.2) is 146 Å². The van der Waals surface area contributed by atoms with Crippen LogP contribution in [0.25, 0.3) is 87.6 Å². The first-order valence-corrected chi connectivity index (χ1v) is 13.9. The predicted octanol–water partition coefficient (Wildman–Crippen LogP) is 11.3. The summed E-state index contributed by atoms with van der Waals surface area (Å²) >= 11 is 0. The molecular weight excluding hydrogens is 480 g/mol. The maximum absolute atomic E-state index is 2.44. The Balaban J connectivity index is 1.27. The molecule has 0 heteroatoms. The summed E-state index contributed by atoms with van der Waals surface area (Å²) in [5.74, 6) is 0. The summed E-state index contributed by atoms with van der Waals surface area (Å²) in [6.07, 6.45) is 0. The van der Waals surface area contributed by atoms with Crippen molar-refractivity contribution in [1.82, 2.24) is 0 Å². The van der Waals surface area contributed by atoms with Crippen molar-refractivity contribution in [2.75, 3.05) is 0 Å². The molecule has 0 heterocycles. The second kappa shape index (κ2) is 8.15. The number of hydrogen-bond donors (Lipinski definition) is 0. The molecule has 0 unspecified atom stereocenters. The number of rotatable bonds is 2. The van der Waals surface area contributed by atoms with Gasteiger partial charge in [-0.05, 0) is 106 Å². The molecule has 184 valence electrons. The van der Waals surface area contributed by atoms with Gasteiger partial charge in [-0.2, -0.15) is 0 Å². The zero-order valence-electron chi connectivity index (χ0n) is 21.9. The van der Waals surface area contributed by atoms with Crippen LogP contribution in [0.3, 0.4) is 0 Å². The first kappa shape index (κ1) is 21.7. The molecular formula is C40H24. The molecule has 0 aliphatic heterocycles. The van der Waals surface area contributed by atoms with Gasteiger partial charge in [-0.3, -0.25) is 0 Å². The molecule has 0 saturated carbocycles. The van der Waals surface area contributed by atoms with E-state index in [1.54, 1.807) is 0 Å². The van der Waals surface area contributed by atoms with Crippen LogP contribution in [0, 0.1) is 0 Å². The fraction of sp³-hybridized carbons (Fsp3) is 0. The molecule has 0 fully saturated rings. The van der Waals surface area contributed by atoms with E-state index in [0.29, 0.717) is 0 Å². The van der Waals surface area contributed by atoms with Crippen LogP contribution in [-0.4, -0.2) is 0 Å². The highest BCUT2D eigenvalue weighted by Gasteiger charge is 2.23. The Kier molecular flexibility index (Phi) is 4.42. The summed E-state index contributed by atoms with van der Waals surface area (Å²) in [6.45, 7) is 0. The van der Waals surface area contributed by atoms with Gasteiger partial charge in [-0.15, -0.1) is 0 Å². The third-order valence-electron chi connectivity index (χ3n) is 8.78. The first-order chi connectivity index (χ1) is 19.8. The maximum atomic E-state index is 2.44. The number of hydrogen-bond acceptors (Lipinski definition) is 0. The molecule has 40 heavy (non-hydrogen) atoms. The molecule has 1 aliphatic rings. The lowest BCUT2D eigenvalue weighted by molar-refractivity contribution is 1.65. The summed E-state index contributed by atoms with van der Waals surface area (Å²) in [7, 11) is 0. The van der Waals surface area contributed by atoms with Crippen molar-refractivity contribution in [3.8, 4) is 44.5 Å². The van der Waals surface area contributed by atoms with Crippen LogP contribution >= 0.6 is 0 Å². The zero-order valence-corrected chi connectivity index (χ0v) is 21.9. The van der Waals surface area contributed by atoms with E-state index in [4.69, 9.17) is 0 Å². The van der Waals surface area contributed by atoms with E-state index >= 15 is 0 Å². The van der Waals surface area contributed by atoms with E-state index < -0.39 is 0 Å². The third-order valence-corrected chi connectivity index (χ3v) is 8.78. The Bertz CT molecular complexity index is 2290. The molecule has 8 aromatic carbocycles. The summed E-state index contributed by atoms with van der Waals surface area (Å²) in [4.78, 5) is 0. The van der Waals surface area contributed by atoms with Crippen molar-refractivity contribution in [2.45, 2.75) is 0 Å². The fourth-order valence-electron chi connectivity index (χ4n) is 6.91. The average molecular weight is 505 g/mol. The largest absolute Gasteiger partial charge is 0.0622 e. The lowest BCUT2D eigenvalue weighted by Gasteiger charge is -2.12. The molecule has 0 amide bonds. The zero-order chi connectivity index (χ0) is 26.2. The number of benzene rings is 8. The Morgan fingerprint density at radius 2 is 0.875 bits per heavy atom. The maximum Gasteiger partial charge on any atom is -0.00201 e. The highest BCUT2D eigenvalue weighted by atomic mass is 14.3. The molecule has 0 aromatic heterocycles. The normalized spacial score (nSPS) is 12.0. The van der Waals surface area contributed by atoms with Crippen LogP contribution in [0.4, 0.5) is 0 Å². The Hall–Kier alpha value is -5.20. The van der Waals surface area contributed by atoms with Crippen LogP contribution in [0.2, 0.25) is 0 Å². The molecule has 1 aliphatic carbocycles. The van der Waals surface area contributed by atoms with Gasteiger partial charge in [-0.1, -0.05) is 127 Å². The standard InChI is InChI=1S/C40H24/c1-3-8-25(9-4-1)27-14-17-31-28(22-27)15-19-33-32(31)18-16-29-23-38-35-13-7-12-34-30(26-10-5-2-6-11-26)20-21-36(40(34)35)39(38)24-37(29)33/h1-24H. The Morgan fingerprint density at radius 1 is 0.250 bits per heavy atom. The smallest absolute Gasteiger partial charge is 0.00201 e.